The number of benzene rings is 1. The number of fused-ring (bicyclic) bond motifs is 3. The van der Waals surface area contributed by atoms with E-state index in [4.69, 9.17) is 0 Å². The molecular formula is C13H18N2O2S. The van der Waals surface area contributed by atoms with E-state index in [1.54, 1.807) is 0 Å². The van der Waals surface area contributed by atoms with Crippen LogP contribution in [0.25, 0.3) is 0 Å². The van der Waals surface area contributed by atoms with E-state index in [9.17, 15) is 8.42 Å². The largest absolute Gasteiger partial charge is 0.313 e. The molecule has 1 aromatic carbocycles. The molecule has 1 aliphatic carbocycles. The van der Waals surface area contributed by atoms with Gasteiger partial charge in [-0.3, -0.25) is 4.72 Å². The molecule has 0 aromatic heterocycles. The van der Waals surface area contributed by atoms with E-state index < -0.39 is 10.0 Å². The van der Waals surface area contributed by atoms with Crippen LogP contribution in [0.1, 0.15) is 29.9 Å². The van der Waals surface area contributed by atoms with Gasteiger partial charge in [0.2, 0.25) is 10.0 Å². The first-order chi connectivity index (χ1) is 8.53. The summed E-state index contributed by atoms with van der Waals surface area (Å²) < 4.78 is 25.0. The molecule has 2 unspecified atom stereocenters. The SMILES string of the molecule is CS(=O)(=O)Nc1ccc2c(c1)CC1NCCCC21. The Morgan fingerprint density at radius 2 is 2.22 bits per heavy atom. The number of hydrogen-bond acceptors (Lipinski definition) is 3. The number of sulfonamides is 1. The summed E-state index contributed by atoms with van der Waals surface area (Å²) in [5, 5.41) is 3.56. The van der Waals surface area contributed by atoms with Gasteiger partial charge in [-0.1, -0.05) is 6.07 Å². The van der Waals surface area contributed by atoms with Gasteiger partial charge in [0.15, 0.2) is 0 Å². The van der Waals surface area contributed by atoms with Crippen LogP contribution in [-0.2, 0) is 16.4 Å². The molecule has 4 nitrogen and oxygen atoms in total. The summed E-state index contributed by atoms with van der Waals surface area (Å²) in [7, 11) is -3.19. The summed E-state index contributed by atoms with van der Waals surface area (Å²) in [6.45, 7) is 1.10. The van der Waals surface area contributed by atoms with Crippen molar-refractivity contribution in [1.82, 2.24) is 5.32 Å². The first-order valence-electron chi connectivity index (χ1n) is 6.37. The van der Waals surface area contributed by atoms with Crippen LogP contribution >= 0.6 is 0 Å². The quantitative estimate of drug-likeness (QED) is 0.852. The highest BCUT2D eigenvalue weighted by Crippen LogP contribution is 2.39. The Morgan fingerprint density at radius 3 is 3.00 bits per heavy atom. The van der Waals surface area contributed by atoms with Gasteiger partial charge in [0, 0.05) is 11.7 Å². The van der Waals surface area contributed by atoms with Crippen LogP contribution in [0.5, 0.6) is 0 Å². The third kappa shape index (κ3) is 2.24. The minimum absolute atomic E-state index is 0.544. The Morgan fingerprint density at radius 1 is 1.39 bits per heavy atom. The summed E-state index contributed by atoms with van der Waals surface area (Å²) in [6.07, 6.45) is 4.66. The number of nitrogens with one attached hydrogen (secondary N) is 2. The molecule has 5 heteroatoms. The molecule has 2 N–H and O–H groups in total. The summed E-state index contributed by atoms with van der Waals surface area (Å²) in [6, 6.07) is 6.48. The maximum Gasteiger partial charge on any atom is 0.229 e. The van der Waals surface area contributed by atoms with Crippen LogP contribution in [0.2, 0.25) is 0 Å². The summed E-state index contributed by atoms with van der Waals surface area (Å²) in [4.78, 5) is 0. The Balaban J connectivity index is 1.90. The molecule has 0 bridgehead atoms. The summed E-state index contributed by atoms with van der Waals surface area (Å²) in [5.41, 5.74) is 3.36. The number of rotatable bonds is 2. The molecule has 1 aromatic rings. The number of hydrogen-bond donors (Lipinski definition) is 2. The number of anilines is 1. The molecule has 0 amide bonds. The van der Waals surface area contributed by atoms with Gasteiger partial charge in [-0.15, -0.1) is 0 Å². The van der Waals surface area contributed by atoms with E-state index in [-0.39, 0.29) is 0 Å². The second kappa shape index (κ2) is 4.24. The van der Waals surface area contributed by atoms with Crippen molar-refractivity contribution in [3.8, 4) is 0 Å². The molecule has 0 saturated carbocycles. The highest BCUT2D eigenvalue weighted by molar-refractivity contribution is 7.92. The average Bonchev–Trinajstić information content (AvgIpc) is 2.64. The zero-order valence-electron chi connectivity index (χ0n) is 10.4. The van der Waals surface area contributed by atoms with Gasteiger partial charge in [-0.05, 0) is 55.0 Å². The van der Waals surface area contributed by atoms with Crippen molar-refractivity contribution >= 4 is 15.7 Å². The van der Waals surface area contributed by atoms with E-state index >= 15 is 0 Å². The fourth-order valence-electron chi connectivity index (χ4n) is 3.20. The zero-order valence-corrected chi connectivity index (χ0v) is 11.3. The van der Waals surface area contributed by atoms with Crippen molar-refractivity contribution < 1.29 is 8.42 Å². The molecule has 1 heterocycles. The summed E-state index contributed by atoms with van der Waals surface area (Å²) >= 11 is 0. The molecule has 3 rings (SSSR count). The van der Waals surface area contributed by atoms with Gasteiger partial charge in [-0.25, -0.2) is 8.42 Å². The van der Waals surface area contributed by atoms with Gasteiger partial charge in [0.1, 0.15) is 0 Å². The van der Waals surface area contributed by atoms with E-state index in [0.717, 1.165) is 13.0 Å². The van der Waals surface area contributed by atoms with Crippen LogP contribution < -0.4 is 10.0 Å². The lowest BCUT2D eigenvalue weighted by molar-refractivity contribution is 0.372. The lowest BCUT2D eigenvalue weighted by Gasteiger charge is -2.27. The van der Waals surface area contributed by atoms with E-state index in [2.05, 4.69) is 16.1 Å². The molecular weight excluding hydrogens is 248 g/mol. The standard InChI is InChI=1S/C13H18N2O2S/c1-18(16,17)15-10-4-5-11-9(7-10)8-13-12(11)3-2-6-14-13/h4-5,7,12-15H,2-3,6,8H2,1H3. The summed E-state index contributed by atoms with van der Waals surface area (Å²) in [5.74, 6) is 0.612. The van der Waals surface area contributed by atoms with Crippen molar-refractivity contribution in [1.29, 1.82) is 0 Å². The maximum absolute atomic E-state index is 11.2. The number of piperidine rings is 1. The normalized spacial score (nSPS) is 26.5. The Kier molecular flexibility index (Phi) is 2.83. The molecule has 2 atom stereocenters. The first-order valence-corrected chi connectivity index (χ1v) is 8.26. The second-order valence-electron chi connectivity index (χ2n) is 5.30. The second-order valence-corrected chi connectivity index (χ2v) is 7.05. The fraction of sp³-hybridized carbons (Fsp3) is 0.538. The molecule has 1 saturated heterocycles. The predicted octanol–water partition coefficient (Wildman–Crippen LogP) is 1.45. The van der Waals surface area contributed by atoms with E-state index in [1.807, 2.05) is 12.1 Å². The third-order valence-corrected chi connectivity index (χ3v) is 4.48. The van der Waals surface area contributed by atoms with Gasteiger partial charge in [-0.2, -0.15) is 0 Å². The minimum atomic E-state index is -3.19. The average molecular weight is 266 g/mol. The van der Waals surface area contributed by atoms with Gasteiger partial charge < -0.3 is 5.32 Å². The van der Waals surface area contributed by atoms with E-state index in [1.165, 1.54) is 30.2 Å². The third-order valence-electron chi connectivity index (χ3n) is 3.87. The highest BCUT2D eigenvalue weighted by Gasteiger charge is 2.33. The molecule has 1 fully saturated rings. The van der Waals surface area contributed by atoms with E-state index in [0.29, 0.717) is 17.6 Å². The van der Waals surface area contributed by atoms with Crippen molar-refractivity contribution in [2.45, 2.75) is 31.2 Å². The van der Waals surface area contributed by atoms with Gasteiger partial charge in [0.05, 0.1) is 6.26 Å². The first kappa shape index (κ1) is 12.0. The van der Waals surface area contributed by atoms with Gasteiger partial charge in [0.25, 0.3) is 0 Å². The Hall–Kier alpha value is -1.07. The molecule has 1 aliphatic heterocycles. The molecule has 2 aliphatic rings. The molecule has 98 valence electrons. The Labute approximate surface area is 108 Å². The predicted molar refractivity (Wildman–Crippen MR) is 72.4 cm³/mol. The van der Waals surface area contributed by atoms with Crippen molar-refractivity contribution in [2.24, 2.45) is 0 Å². The Bertz CT molecular complexity index is 568. The van der Waals surface area contributed by atoms with Crippen LogP contribution in [0.4, 0.5) is 5.69 Å². The molecule has 0 spiro atoms. The van der Waals surface area contributed by atoms with Crippen LogP contribution in [0, 0.1) is 0 Å². The lowest BCUT2D eigenvalue weighted by Crippen LogP contribution is -2.37. The monoisotopic (exact) mass is 266 g/mol. The van der Waals surface area contributed by atoms with Crippen LogP contribution in [0.3, 0.4) is 0 Å². The van der Waals surface area contributed by atoms with Crippen molar-refractivity contribution in [2.75, 3.05) is 17.5 Å². The van der Waals surface area contributed by atoms with Gasteiger partial charge >= 0.3 is 0 Å². The fourth-order valence-corrected chi connectivity index (χ4v) is 3.75. The smallest absolute Gasteiger partial charge is 0.229 e. The minimum Gasteiger partial charge on any atom is -0.313 e. The van der Waals surface area contributed by atoms with Crippen LogP contribution in [0.15, 0.2) is 18.2 Å². The molecule has 0 radical (unpaired) electrons. The highest BCUT2D eigenvalue weighted by atomic mass is 32.2. The molecule has 18 heavy (non-hydrogen) atoms. The maximum atomic E-state index is 11.2. The van der Waals surface area contributed by atoms with Crippen LogP contribution in [-0.4, -0.2) is 27.3 Å². The zero-order chi connectivity index (χ0) is 12.8. The lowest BCUT2D eigenvalue weighted by atomic mass is 9.90. The van der Waals surface area contributed by atoms with Crippen molar-refractivity contribution in [3.63, 3.8) is 0 Å². The topological polar surface area (TPSA) is 58.2 Å². The van der Waals surface area contributed by atoms with Crippen molar-refractivity contribution in [3.05, 3.63) is 29.3 Å².